The predicted octanol–water partition coefficient (Wildman–Crippen LogP) is 2.27. The molecule has 0 aliphatic rings. The summed E-state index contributed by atoms with van der Waals surface area (Å²) in [6.45, 7) is 7.45. The monoisotopic (exact) mass is 187 g/mol. The molecule has 0 saturated heterocycles. The van der Waals surface area contributed by atoms with Crippen molar-refractivity contribution in [3.63, 3.8) is 0 Å². The molecular weight excluding hydrogens is 162 g/mol. The number of rotatable bonds is 7. The van der Waals surface area contributed by atoms with Gasteiger partial charge in [0, 0.05) is 6.04 Å². The Morgan fingerprint density at radius 2 is 1.85 bits per heavy atom. The molecule has 2 atom stereocenters. The molecule has 0 aliphatic heterocycles. The molecule has 2 heteroatoms. The molecule has 2 nitrogen and oxygen atoms in total. The van der Waals surface area contributed by atoms with Crippen LogP contribution in [0.25, 0.3) is 0 Å². The van der Waals surface area contributed by atoms with E-state index < -0.39 is 0 Å². The molecular formula is C11H25NO. The van der Waals surface area contributed by atoms with E-state index >= 15 is 0 Å². The van der Waals surface area contributed by atoms with Gasteiger partial charge in [-0.15, -0.1) is 0 Å². The molecule has 0 bridgehead atoms. The molecule has 0 aromatic rings. The van der Waals surface area contributed by atoms with Gasteiger partial charge >= 0.3 is 0 Å². The van der Waals surface area contributed by atoms with Gasteiger partial charge in [-0.25, -0.2) is 0 Å². The third kappa shape index (κ3) is 7.03. The molecule has 1 N–H and O–H groups in total. The van der Waals surface area contributed by atoms with Crippen molar-refractivity contribution in [3.8, 4) is 0 Å². The lowest BCUT2D eigenvalue weighted by Gasteiger charge is -2.24. The van der Waals surface area contributed by atoms with Gasteiger partial charge in [0.25, 0.3) is 0 Å². The van der Waals surface area contributed by atoms with Crippen LogP contribution in [-0.4, -0.2) is 35.7 Å². The summed E-state index contributed by atoms with van der Waals surface area (Å²) in [6, 6.07) is 0.680. The van der Waals surface area contributed by atoms with Crippen molar-refractivity contribution in [1.29, 1.82) is 0 Å². The highest BCUT2D eigenvalue weighted by molar-refractivity contribution is 4.62. The molecule has 0 aromatic heterocycles. The standard InChI is InChI=1S/C11H25NO/c1-5-7-10(2)12(4)9-6-8-11(3)13/h10-11,13H,5-9H2,1-4H3. The van der Waals surface area contributed by atoms with E-state index in [2.05, 4.69) is 25.8 Å². The zero-order chi connectivity index (χ0) is 10.3. The fourth-order valence-corrected chi connectivity index (χ4v) is 1.49. The van der Waals surface area contributed by atoms with Crippen molar-refractivity contribution in [2.45, 2.75) is 58.6 Å². The second-order valence-corrected chi connectivity index (χ2v) is 4.11. The predicted molar refractivity (Wildman–Crippen MR) is 57.9 cm³/mol. The smallest absolute Gasteiger partial charge is 0.0512 e. The summed E-state index contributed by atoms with van der Waals surface area (Å²) in [5, 5.41) is 9.09. The van der Waals surface area contributed by atoms with Crippen LogP contribution in [0.15, 0.2) is 0 Å². The topological polar surface area (TPSA) is 23.5 Å². The maximum atomic E-state index is 9.09. The first-order chi connectivity index (χ1) is 6.07. The third-order valence-corrected chi connectivity index (χ3v) is 2.59. The van der Waals surface area contributed by atoms with Gasteiger partial charge < -0.3 is 10.0 Å². The van der Waals surface area contributed by atoms with Crippen molar-refractivity contribution in [3.05, 3.63) is 0 Å². The van der Waals surface area contributed by atoms with E-state index in [9.17, 15) is 0 Å². The second-order valence-electron chi connectivity index (χ2n) is 4.11. The minimum Gasteiger partial charge on any atom is -0.393 e. The van der Waals surface area contributed by atoms with Crippen molar-refractivity contribution < 1.29 is 5.11 Å². The average Bonchev–Trinajstić information content (AvgIpc) is 2.04. The van der Waals surface area contributed by atoms with Gasteiger partial charge in [-0.05, 0) is 46.7 Å². The van der Waals surface area contributed by atoms with E-state index in [-0.39, 0.29) is 6.10 Å². The Hall–Kier alpha value is -0.0800. The molecule has 0 saturated carbocycles. The second kappa shape index (κ2) is 7.34. The minimum absolute atomic E-state index is 0.144. The normalized spacial score (nSPS) is 16.2. The molecule has 0 aliphatic carbocycles. The number of nitrogens with zero attached hydrogens (tertiary/aromatic N) is 1. The summed E-state index contributed by atoms with van der Waals surface area (Å²) in [5.74, 6) is 0. The Morgan fingerprint density at radius 3 is 2.31 bits per heavy atom. The summed E-state index contributed by atoms with van der Waals surface area (Å²) >= 11 is 0. The van der Waals surface area contributed by atoms with Gasteiger partial charge in [-0.3, -0.25) is 0 Å². The van der Waals surface area contributed by atoms with Gasteiger partial charge in [0.05, 0.1) is 6.10 Å². The molecule has 80 valence electrons. The van der Waals surface area contributed by atoms with Gasteiger partial charge in [0.2, 0.25) is 0 Å². The molecule has 0 aromatic carbocycles. The summed E-state index contributed by atoms with van der Waals surface area (Å²) in [5.41, 5.74) is 0. The average molecular weight is 187 g/mol. The van der Waals surface area contributed by atoms with Gasteiger partial charge in [0.15, 0.2) is 0 Å². The first-order valence-corrected chi connectivity index (χ1v) is 5.46. The molecule has 13 heavy (non-hydrogen) atoms. The van der Waals surface area contributed by atoms with Crippen LogP contribution in [0.3, 0.4) is 0 Å². The van der Waals surface area contributed by atoms with Gasteiger partial charge in [-0.1, -0.05) is 13.3 Å². The molecule has 0 radical (unpaired) electrons. The largest absolute Gasteiger partial charge is 0.393 e. The third-order valence-electron chi connectivity index (χ3n) is 2.59. The van der Waals surface area contributed by atoms with Crippen LogP contribution in [0.1, 0.15) is 46.5 Å². The van der Waals surface area contributed by atoms with Crippen LogP contribution < -0.4 is 0 Å². The molecule has 2 unspecified atom stereocenters. The van der Waals surface area contributed by atoms with E-state index in [1.807, 2.05) is 6.92 Å². The number of aliphatic hydroxyl groups is 1. The highest BCUT2D eigenvalue weighted by Crippen LogP contribution is 2.06. The zero-order valence-electron chi connectivity index (χ0n) is 9.58. The fraction of sp³-hybridized carbons (Fsp3) is 1.00. The molecule has 0 fully saturated rings. The SMILES string of the molecule is CCCC(C)N(C)CCCC(C)O. The Balaban J connectivity index is 3.43. The zero-order valence-corrected chi connectivity index (χ0v) is 9.58. The molecule has 0 rings (SSSR count). The van der Waals surface area contributed by atoms with Crippen molar-refractivity contribution in [1.82, 2.24) is 4.90 Å². The van der Waals surface area contributed by atoms with Crippen LogP contribution in [0, 0.1) is 0 Å². The first kappa shape index (κ1) is 12.9. The Bertz CT molecular complexity index is 115. The summed E-state index contributed by atoms with van der Waals surface area (Å²) in [7, 11) is 2.17. The molecule has 0 amide bonds. The summed E-state index contributed by atoms with van der Waals surface area (Å²) in [4.78, 5) is 2.38. The van der Waals surface area contributed by atoms with Gasteiger partial charge in [0.1, 0.15) is 0 Å². The van der Waals surface area contributed by atoms with E-state index in [0.717, 1.165) is 19.4 Å². The molecule has 0 spiro atoms. The lowest BCUT2D eigenvalue weighted by Crippen LogP contribution is -2.30. The van der Waals surface area contributed by atoms with Crippen LogP contribution in [-0.2, 0) is 0 Å². The Morgan fingerprint density at radius 1 is 1.23 bits per heavy atom. The highest BCUT2D eigenvalue weighted by atomic mass is 16.3. The number of hydrogen-bond donors (Lipinski definition) is 1. The van der Waals surface area contributed by atoms with E-state index in [1.165, 1.54) is 12.8 Å². The summed E-state index contributed by atoms with van der Waals surface area (Å²) < 4.78 is 0. The number of aliphatic hydroxyl groups excluding tert-OH is 1. The van der Waals surface area contributed by atoms with Gasteiger partial charge in [-0.2, -0.15) is 0 Å². The van der Waals surface area contributed by atoms with Crippen LogP contribution in [0.5, 0.6) is 0 Å². The van der Waals surface area contributed by atoms with E-state index in [0.29, 0.717) is 6.04 Å². The Kier molecular flexibility index (Phi) is 7.29. The lowest BCUT2D eigenvalue weighted by molar-refractivity contribution is 0.167. The quantitative estimate of drug-likeness (QED) is 0.661. The van der Waals surface area contributed by atoms with Crippen molar-refractivity contribution in [2.75, 3.05) is 13.6 Å². The first-order valence-electron chi connectivity index (χ1n) is 5.46. The van der Waals surface area contributed by atoms with Crippen LogP contribution in [0.2, 0.25) is 0 Å². The number of hydrogen-bond acceptors (Lipinski definition) is 2. The Labute approximate surface area is 82.9 Å². The lowest BCUT2D eigenvalue weighted by atomic mass is 10.1. The van der Waals surface area contributed by atoms with Crippen LogP contribution in [0.4, 0.5) is 0 Å². The highest BCUT2D eigenvalue weighted by Gasteiger charge is 2.07. The van der Waals surface area contributed by atoms with E-state index in [4.69, 9.17) is 5.11 Å². The van der Waals surface area contributed by atoms with E-state index in [1.54, 1.807) is 0 Å². The van der Waals surface area contributed by atoms with Crippen molar-refractivity contribution >= 4 is 0 Å². The maximum Gasteiger partial charge on any atom is 0.0512 e. The molecule has 0 heterocycles. The fourth-order valence-electron chi connectivity index (χ4n) is 1.49. The van der Waals surface area contributed by atoms with Crippen molar-refractivity contribution in [2.24, 2.45) is 0 Å². The maximum absolute atomic E-state index is 9.09. The summed E-state index contributed by atoms with van der Waals surface area (Å²) in [6.07, 6.45) is 4.40. The minimum atomic E-state index is -0.144. The van der Waals surface area contributed by atoms with Crippen LogP contribution >= 0.6 is 0 Å².